The molecule has 1 aromatic heterocycles. The minimum absolute atomic E-state index is 0.00536. The molecule has 0 bridgehead atoms. The first-order chi connectivity index (χ1) is 17.3. The van der Waals surface area contributed by atoms with Gasteiger partial charge in [0.1, 0.15) is 5.82 Å². The average molecular weight is 500 g/mol. The number of sulfonamides is 1. The third kappa shape index (κ3) is 5.26. The van der Waals surface area contributed by atoms with Crippen LogP contribution in [0.4, 0.5) is 11.5 Å². The minimum Gasteiger partial charge on any atom is -0.326 e. The van der Waals surface area contributed by atoms with Gasteiger partial charge in [-0.25, -0.2) is 13.4 Å². The summed E-state index contributed by atoms with van der Waals surface area (Å²) in [5.74, 6) is 0.774. The number of hydrogen-bond acceptors (Lipinski definition) is 4. The number of aromatic nitrogens is 1. The molecule has 0 radical (unpaired) electrons. The monoisotopic (exact) mass is 499 g/mol. The van der Waals surface area contributed by atoms with Crippen LogP contribution in [-0.4, -0.2) is 19.3 Å². The van der Waals surface area contributed by atoms with Crippen LogP contribution in [0, 0.1) is 11.8 Å². The highest BCUT2D eigenvalue weighted by Crippen LogP contribution is 2.48. The van der Waals surface area contributed by atoms with Crippen molar-refractivity contribution in [2.24, 2.45) is 11.8 Å². The van der Waals surface area contributed by atoms with E-state index in [1.165, 1.54) is 22.5 Å². The largest absolute Gasteiger partial charge is 0.326 e. The Labute approximate surface area is 211 Å². The summed E-state index contributed by atoms with van der Waals surface area (Å²) in [7, 11) is -3.73. The van der Waals surface area contributed by atoms with Crippen molar-refractivity contribution >= 4 is 38.2 Å². The fourth-order valence-electron chi connectivity index (χ4n) is 4.64. The minimum atomic E-state index is -3.73. The van der Waals surface area contributed by atoms with Gasteiger partial charge in [0.05, 0.1) is 4.90 Å². The molecule has 2 atom stereocenters. The molecule has 1 unspecified atom stereocenters. The van der Waals surface area contributed by atoms with Crippen LogP contribution in [0.1, 0.15) is 37.3 Å². The number of pyridine rings is 1. The van der Waals surface area contributed by atoms with Crippen LogP contribution in [0.3, 0.4) is 0 Å². The van der Waals surface area contributed by atoms with Gasteiger partial charge in [-0.15, -0.1) is 0 Å². The first-order valence-corrected chi connectivity index (χ1v) is 13.6. The zero-order chi connectivity index (χ0) is 25.3. The zero-order valence-electron chi connectivity index (χ0n) is 20.3. The summed E-state index contributed by atoms with van der Waals surface area (Å²) in [5, 5.41) is 5.43. The number of carbonyl (C=O) groups excluding carboxylic acids is 1. The Kier molecular flexibility index (Phi) is 6.49. The molecule has 0 saturated heterocycles. The summed E-state index contributed by atoms with van der Waals surface area (Å²) in [4.78, 5) is 17.1. The Bertz CT molecular complexity index is 1500. The third-order valence-electron chi connectivity index (χ3n) is 6.52. The van der Waals surface area contributed by atoms with Gasteiger partial charge in [0.2, 0.25) is 5.91 Å². The van der Waals surface area contributed by atoms with E-state index in [1.54, 1.807) is 42.5 Å². The molecule has 184 valence electrons. The summed E-state index contributed by atoms with van der Waals surface area (Å²) < 4.78 is 27.7. The summed E-state index contributed by atoms with van der Waals surface area (Å²) in [5.41, 5.74) is 3.05. The lowest BCUT2D eigenvalue weighted by Gasteiger charge is -2.12. The lowest BCUT2D eigenvalue weighted by atomic mass is 9.96. The van der Waals surface area contributed by atoms with Crippen LogP contribution >= 0.6 is 0 Å². The smallest absolute Gasteiger partial charge is 0.263 e. The molecule has 4 aromatic rings. The van der Waals surface area contributed by atoms with Gasteiger partial charge < -0.3 is 5.32 Å². The van der Waals surface area contributed by atoms with Crippen molar-refractivity contribution in [2.45, 2.75) is 37.5 Å². The average Bonchev–Trinajstić information content (AvgIpc) is 3.66. The molecule has 7 heteroatoms. The predicted octanol–water partition coefficient (Wildman–Crippen LogP) is 5.98. The Morgan fingerprint density at radius 2 is 1.81 bits per heavy atom. The lowest BCUT2D eigenvalue weighted by Crippen LogP contribution is -2.15. The molecule has 1 aliphatic carbocycles. The van der Waals surface area contributed by atoms with Crippen molar-refractivity contribution in [3.8, 4) is 0 Å². The molecule has 1 fully saturated rings. The van der Waals surface area contributed by atoms with Crippen LogP contribution < -0.4 is 10.0 Å². The second-order valence-corrected chi connectivity index (χ2v) is 11.5. The van der Waals surface area contributed by atoms with Crippen LogP contribution in [0.5, 0.6) is 0 Å². The standard InChI is InChI=1S/C29H29N3O3S/c1-19(2)16-22-7-5-6-20-9-12-23(17-25(20)22)31-29(33)27-18-26(27)21-10-13-24(14-11-21)36(34,35)32-28-8-3-4-15-30-28/h3-15,17,19,26-27H,16,18H2,1-2H3,(H,30,32)(H,31,33)/t26?,27-/m1/s1. The lowest BCUT2D eigenvalue weighted by molar-refractivity contribution is -0.117. The zero-order valence-corrected chi connectivity index (χ0v) is 21.1. The van der Waals surface area contributed by atoms with E-state index in [-0.39, 0.29) is 28.5 Å². The van der Waals surface area contributed by atoms with Crippen molar-refractivity contribution in [3.63, 3.8) is 0 Å². The number of hydrogen-bond donors (Lipinski definition) is 2. The van der Waals surface area contributed by atoms with Gasteiger partial charge >= 0.3 is 0 Å². The number of benzene rings is 3. The highest BCUT2D eigenvalue weighted by atomic mass is 32.2. The highest BCUT2D eigenvalue weighted by Gasteiger charge is 2.44. The van der Waals surface area contributed by atoms with Gasteiger partial charge in [-0.3, -0.25) is 9.52 Å². The molecule has 0 spiro atoms. The molecule has 5 rings (SSSR count). The molecular formula is C29H29N3O3S. The van der Waals surface area contributed by atoms with E-state index in [9.17, 15) is 13.2 Å². The van der Waals surface area contributed by atoms with E-state index in [2.05, 4.69) is 59.2 Å². The summed E-state index contributed by atoms with van der Waals surface area (Å²) >= 11 is 0. The van der Waals surface area contributed by atoms with E-state index < -0.39 is 10.0 Å². The SMILES string of the molecule is CC(C)Cc1cccc2ccc(NC(=O)[C@@H]3CC3c3ccc(S(=O)(=O)Nc4ccccn4)cc3)cc12. The highest BCUT2D eigenvalue weighted by molar-refractivity contribution is 7.92. The number of carbonyl (C=O) groups is 1. The molecule has 1 aliphatic rings. The van der Waals surface area contributed by atoms with Crippen molar-refractivity contribution in [3.05, 3.63) is 96.2 Å². The van der Waals surface area contributed by atoms with Gasteiger partial charge in [0, 0.05) is 17.8 Å². The number of rotatable bonds is 8. The fourth-order valence-corrected chi connectivity index (χ4v) is 5.64. The number of nitrogens with zero attached hydrogens (tertiary/aromatic N) is 1. The van der Waals surface area contributed by atoms with E-state index in [1.807, 2.05) is 6.07 Å². The van der Waals surface area contributed by atoms with Gasteiger partial charge in [-0.2, -0.15) is 0 Å². The Balaban J connectivity index is 1.25. The van der Waals surface area contributed by atoms with Gasteiger partial charge in [-0.05, 0) is 83.0 Å². The van der Waals surface area contributed by atoms with Gasteiger partial charge in [0.15, 0.2) is 0 Å². The van der Waals surface area contributed by atoms with Crippen LogP contribution in [0.15, 0.2) is 90.0 Å². The van der Waals surface area contributed by atoms with Crippen LogP contribution in [0.25, 0.3) is 10.8 Å². The van der Waals surface area contributed by atoms with E-state index in [0.717, 1.165) is 24.1 Å². The number of amides is 1. The first-order valence-electron chi connectivity index (χ1n) is 12.2. The maximum Gasteiger partial charge on any atom is 0.263 e. The predicted molar refractivity (Wildman–Crippen MR) is 143 cm³/mol. The molecule has 2 N–H and O–H groups in total. The number of nitrogens with one attached hydrogen (secondary N) is 2. The second kappa shape index (κ2) is 9.74. The molecule has 36 heavy (non-hydrogen) atoms. The van der Waals surface area contributed by atoms with E-state index in [0.29, 0.717) is 5.92 Å². The van der Waals surface area contributed by atoms with Crippen LogP contribution in [0.2, 0.25) is 0 Å². The fraction of sp³-hybridized carbons (Fsp3) is 0.241. The summed E-state index contributed by atoms with van der Waals surface area (Å²) in [6.45, 7) is 4.41. The Morgan fingerprint density at radius 3 is 2.53 bits per heavy atom. The topological polar surface area (TPSA) is 88.2 Å². The molecule has 3 aromatic carbocycles. The molecule has 0 aliphatic heterocycles. The van der Waals surface area contributed by atoms with E-state index >= 15 is 0 Å². The summed E-state index contributed by atoms with van der Waals surface area (Å²) in [6.07, 6.45) is 3.26. The third-order valence-corrected chi connectivity index (χ3v) is 7.89. The molecule has 1 heterocycles. The molecule has 6 nitrogen and oxygen atoms in total. The van der Waals surface area contributed by atoms with Crippen molar-refractivity contribution < 1.29 is 13.2 Å². The Hall–Kier alpha value is -3.71. The van der Waals surface area contributed by atoms with Gasteiger partial charge in [0.25, 0.3) is 10.0 Å². The molecule has 1 amide bonds. The maximum absolute atomic E-state index is 13.0. The maximum atomic E-state index is 13.0. The number of fused-ring (bicyclic) bond motifs is 1. The van der Waals surface area contributed by atoms with Crippen LogP contribution in [-0.2, 0) is 21.2 Å². The van der Waals surface area contributed by atoms with Crippen molar-refractivity contribution in [2.75, 3.05) is 10.0 Å². The van der Waals surface area contributed by atoms with Crippen molar-refractivity contribution in [1.29, 1.82) is 0 Å². The first kappa shape index (κ1) is 24.0. The summed E-state index contributed by atoms with van der Waals surface area (Å²) in [6, 6.07) is 24.2. The Morgan fingerprint density at radius 1 is 1.00 bits per heavy atom. The quantitative estimate of drug-likeness (QED) is 0.312. The normalized spacial score (nSPS) is 17.2. The molecule has 1 saturated carbocycles. The molecular weight excluding hydrogens is 470 g/mol. The second-order valence-electron chi connectivity index (χ2n) is 9.78. The van der Waals surface area contributed by atoms with Crippen molar-refractivity contribution in [1.82, 2.24) is 4.98 Å². The van der Waals surface area contributed by atoms with E-state index in [4.69, 9.17) is 0 Å². The van der Waals surface area contributed by atoms with Gasteiger partial charge in [-0.1, -0.05) is 56.3 Å². The number of anilines is 2.